The van der Waals surface area contributed by atoms with Gasteiger partial charge >= 0.3 is 0 Å². The average Bonchev–Trinajstić information content (AvgIpc) is 3.28. The van der Waals surface area contributed by atoms with Gasteiger partial charge in [-0.1, -0.05) is 33.3 Å². The van der Waals surface area contributed by atoms with E-state index in [-0.39, 0.29) is 23.2 Å². The Hall–Kier alpha value is -0.720. The summed E-state index contributed by atoms with van der Waals surface area (Å²) in [4.78, 5) is 0. The molecule has 3 aliphatic carbocycles. The molecule has 130 valence electrons. The van der Waals surface area contributed by atoms with Gasteiger partial charge in [0.05, 0.1) is 5.35 Å². The van der Waals surface area contributed by atoms with Crippen LogP contribution in [0.3, 0.4) is 0 Å². The molecule has 1 heterocycles. The van der Waals surface area contributed by atoms with Crippen LogP contribution in [-0.2, 0) is 6.54 Å². The number of rotatable bonds is 5. The minimum atomic E-state index is -0.243. The molecule has 2 unspecified atom stereocenters. The number of allylic oxidation sites excluding steroid dienone is 1. The molecule has 4 rings (SSSR count). The van der Waals surface area contributed by atoms with E-state index in [0.29, 0.717) is 6.54 Å². The third-order valence-corrected chi connectivity index (χ3v) is 6.59. The predicted octanol–water partition coefficient (Wildman–Crippen LogP) is 2.20. The van der Waals surface area contributed by atoms with Gasteiger partial charge in [-0.05, 0) is 38.0 Å². The number of fused-ring (bicyclic) bond motifs is 1. The Morgan fingerprint density at radius 1 is 1.33 bits per heavy atom. The molecule has 7 heteroatoms. The lowest BCUT2D eigenvalue weighted by Gasteiger charge is -2.27. The fourth-order valence-electron chi connectivity index (χ4n) is 3.44. The molecule has 3 aliphatic rings. The molecule has 24 heavy (non-hydrogen) atoms. The highest BCUT2D eigenvalue weighted by molar-refractivity contribution is 9.15. The van der Waals surface area contributed by atoms with Gasteiger partial charge in [-0.15, -0.1) is 16.7 Å². The van der Waals surface area contributed by atoms with Crippen LogP contribution in [0.1, 0.15) is 32.1 Å². The standard InChI is InChI=1S/C17H21BrClFN4/c18-16-14(21-8-11-12(19)2-1-3-13(11)20)6-7-15-17(16)22-23-24(15)9-10-4-5-10/h3,7,10-12,14,21H,1-2,4-6,8-9H2/t11?,12?,14-/m1/s1. The highest BCUT2D eigenvalue weighted by Gasteiger charge is 2.29. The summed E-state index contributed by atoms with van der Waals surface area (Å²) in [5, 5.41) is 14.0. The maximum absolute atomic E-state index is 14.0. The van der Waals surface area contributed by atoms with Crippen LogP contribution in [0.4, 0.5) is 4.39 Å². The molecule has 0 saturated heterocycles. The zero-order chi connectivity index (χ0) is 16.7. The molecule has 4 nitrogen and oxygen atoms in total. The van der Waals surface area contributed by atoms with Gasteiger partial charge in [0.1, 0.15) is 11.2 Å². The molecular weight excluding hydrogens is 395 g/mol. The zero-order valence-electron chi connectivity index (χ0n) is 13.4. The normalized spacial score (nSPS) is 29.9. The van der Waals surface area contributed by atoms with Crippen molar-refractivity contribution in [1.29, 1.82) is 0 Å². The Kier molecular flexibility index (Phi) is 4.80. The van der Waals surface area contributed by atoms with E-state index in [0.717, 1.165) is 46.9 Å². The van der Waals surface area contributed by atoms with Crippen LogP contribution in [0.25, 0.3) is 10.6 Å². The minimum Gasteiger partial charge on any atom is -0.308 e. The quantitative estimate of drug-likeness (QED) is 0.750. The van der Waals surface area contributed by atoms with E-state index in [1.54, 1.807) is 6.08 Å². The topological polar surface area (TPSA) is 42.7 Å². The smallest absolute Gasteiger partial charge is 0.124 e. The van der Waals surface area contributed by atoms with Gasteiger partial charge in [0.15, 0.2) is 0 Å². The van der Waals surface area contributed by atoms with Crippen LogP contribution in [0.2, 0.25) is 0 Å². The molecule has 1 saturated carbocycles. The third-order valence-electron chi connectivity index (χ3n) is 5.14. The van der Waals surface area contributed by atoms with Crippen LogP contribution in [0.15, 0.2) is 11.9 Å². The van der Waals surface area contributed by atoms with Crippen molar-refractivity contribution in [3.63, 3.8) is 0 Å². The van der Waals surface area contributed by atoms with Gasteiger partial charge in [-0.3, -0.25) is 0 Å². The predicted molar refractivity (Wildman–Crippen MR) is 96.8 cm³/mol. The number of alkyl halides is 1. The fourth-order valence-corrected chi connectivity index (χ4v) is 4.41. The van der Waals surface area contributed by atoms with E-state index < -0.39 is 0 Å². The monoisotopic (exact) mass is 414 g/mol. The van der Waals surface area contributed by atoms with E-state index in [1.807, 2.05) is 4.68 Å². The lowest BCUT2D eigenvalue weighted by molar-refractivity contribution is 0.386. The number of nitrogens with one attached hydrogen (secondary N) is 1. The van der Waals surface area contributed by atoms with Crippen LogP contribution in [0.5, 0.6) is 0 Å². The van der Waals surface area contributed by atoms with Crippen molar-refractivity contribution < 1.29 is 4.39 Å². The van der Waals surface area contributed by atoms with Crippen LogP contribution >= 0.6 is 27.5 Å². The maximum atomic E-state index is 14.0. The molecule has 0 radical (unpaired) electrons. The first-order chi connectivity index (χ1) is 11.6. The molecule has 1 aromatic heterocycles. The molecule has 1 N–H and O–H groups in total. The second kappa shape index (κ2) is 6.89. The Morgan fingerprint density at radius 2 is 2.17 bits per heavy atom. The van der Waals surface area contributed by atoms with Crippen LogP contribution in [-0.4, -0.2) is 33.0 Å². The lowest BCUT2D eigenvalue weighted by Crippen LogP contribution is -2.44. The second-order valence-corrected chi connectivity index (χ2v) is 8.40. The number of nitrogens with zero attached hydrogens (tertiary/aromatic N) is 3. The fraction of sp³-hybridized carbons (Fsp3) is 0.647. The SMILES string of the molecule is FC1=CCCC(Cl)C1CN[C@@H]1CC=c2c(nnn2CC2CC2)=C1Br. The van der Waals surface area contributed by atoms with E-state index in [9.17, 15) is 4.39 Å². The van der Waals surface area contributed by atoms with Crippen molar-refractivity contribution in [2.75, 3.05) is 6.54 Å². The molecule has 1 fully saturated rings. The zero-order valence-corrected chi connectivity index (χ0v) is 15.7. The number of hydrogen-bond acceptors (Lipinski definition) is 3. The molecule has 3 atom stereocenters. The summed E-state index contributed by atoms with van der Waals surface area (Å²) in [5.41, 5.74) is 0. The molecule has 0 spiro atoms. The third kappa shape index (κ3) is 3.33. The first-order valence-corrected chi connectivity index (χ1v) is 9.89. The summed E-state index contributed by atoms with van der Waals surface area (Å²) in [6.07, 6.45) is 8.85. The van der Waals surface area contributed by atoms with Crippen LogP contribution < -0.4 is 16.0 Å². The van der Waals surface area contributed by atoms with Crippen molar-refractivity contribution in [2.45, 2.75) is 50.1 Å². The van der Waals surface area contributed by atoms with Gasteiger partial charge in [-0.25, -0.2) is 9.07 Å². The first kappa shape index (κ1) is 16.7. The molecule has 0 aromatic carbocycles. The van der Waals surface area contributed by atoms with Gasteiger partial charge < -0.3 is 5.32 Å². The lowest BCUT2D eigenvalue weighted by atomic mass is 9.93. The van der Waals surface area contributed by atoms with E-state index >= 15 is 0 Å². The molecular formula is C17H21BrClFN4. The highest BCUT2D eigenvalue weighted by atomic mass is 79.9. The van der Waals surface area contributed by atoms with E-state index in [2.05, 4.69) is 37.6 Å². The van der Waals surface area contributed by atoms with Gasteiger partial charge in [0.2, 0.25) is 0 Å². The van der Waals surface area contributed by atoms with Gasteiger partial charge in [0.25, 0.3) is 0 Å². The van der Waals surface area contributed by atoms with Crippen molar-refractivity contribution in [3.05, 3.63) is 22.6 Å². The van der Waals surface area contributed by atoms with Gasteiger partial charge in [0, 0.05) is 34.9 Å². The second-order valence-electron chi connectivity index (χ2n) is 6.99. The summed E-state index contributed by atoms with van der Waals surface area (Å²) in [6, 6.07) is 0.0992. The minimum absolute atomic E-state index is 0.0827. The summed E-state index contributed by atoms with van der Waals surface area (Å²) >= 11 is 9.98. The van der Waals surface area contributed by atoms with Crippen LogP contribution in [0, 0.1) is 11.8 Å². The van der Waals surface area contributed by atoms with Crippen molar-refractivity contribution in [2.24, 2.45) is 11.8 Å². The van der Waals surface area contributed by atoms with Gasteiger partial charge in [-0.2, -0.15) is 0 Å². The maximum Gasteiger partial charge on any atom is 0.124 e. The Bertz CT molecular complexity index is 770. The largest absolute Gasteiger partial charge is 0.308 e. The van der Waals surface area contributed by atoms with E-state index in [4.69, 9.17) is 11.6 Å². The highest BCUT2D eigenvalue weighted by Crippen LogP contribution is 2.31. The number of aromatic nitrogens is 3. The summed E-state index contributed by atoms with van der Waals surface area (Å²) in [6.45, 7) is 1.50. The first-order valence-electron chi connectivity index (χ1n) is 8.66. The molecule has 1 aromatic rings. The van der Waals surface area contributed by atoms with Crippen molar-refractivity contribution in [1.82, 2.24) is 20.3 Å². The molecule has 0 aliphatic heterocycles. The number of halogens is 3. The Labute approximate surface area is 154 Å². The van der Waals surface area contributed by atoms with Crippen molar-refractivity contribution >= 4 is 38.1 Å². The summed E-state index contributed by atoms with van der Waals surface area (Å²) in [7, 11) is 0. The summed E-state index contributed by atoms with van der Waals surface area (Å²) < 4.78 is 17.0. The number of hydrogen-bond donors (Lipinski definition) is 1. The summed E-state index contributed by atoms with van der Waals surface area (Å²) in [5.74, 6) is 0.439. The molecule has 0 amide bonds. The average molecular weight is 416 g/mol. The van der Waals surface area contributed by atoms with Crippen molar-refractivity contribution in [3.8, 4) is 0 Å². The molecule has 0 bridgehead atoms. The van der Waals surface area contributed by atoms with E-state index in [1.165, 1.54) is 12.8 Å². The Morgan fingerprint density at radius 3 is 2.92 bits per heavy atom. The Balaban J connectivity index is 1.48.